The molecule has 2 heterocycles. The van der Waals surface area contributed by atoms with Gasteiger partial charge in [0, 0.05) is 48.5 Å². The van der Waals surface area contributed by atoms with E-state index in [1.54, 1.807) is 0 Å². The fraction of sp³-hybridized carbons (Fsp3) is 0.550. The van der Waals surface area contributed by atoms with Crippen molar-refractivity contribution in [2.45, 2.75) is 44.7 Å². The van der Waals surface area contributed by atoms with Crippen LogP contribution in [0.1, 0.15) is 37.3 Å². The second-order valence-corrected chi connectivity index (χ2v) is 8.35. The number of fused-ring (bicyclic) bond motifs is 2. The van der Waals surface area contributed by atoms with E-state index >= 15 is 0 Å². The van der Waals surface area contributed by atoms with Gasteiger partial charge in [0.1, 0.15) is 0 Å². The standard InChI is InChI=1S/C20H27BrN4O/c1-4-25(5-2)20(26)22-12-9-14-13-7-6-8-16-18(13)15(19(21)23-16)10-17(14)24(3)11-12/h6-8,12,14,17,23H,4-5,9-11H2,1-3H3,(H,22,26)/t12?,14-,17-/m1/s1. The Morgan fingerprint density at radius 1 is 1.38 bits per heavy atom. The molecule has 0 spiro atoms. The van der Waals surface area contributed by atoms with Crippen molar-refractivity contribution in [3.63, 3.8) is 0 Å². The highest BCUT2D eigenvalue weighted by Crippen LogP contribution is 2.45. The van der Waals surface area contributed by atoms with Gasteiger partial charge in [0.2, 0.25) is 0 Å². The minimum atomic E-state index is 0.0611. The maximum absolute atomic E-state index is 12.5. The lowest BCUT2D eigenvalue weighted by molar-refractivity contribution is 0.124. The molecule has 0 bridgehead atoms. The summed E-state index contributed by atoms with van der Waals surface area (Å²) in [5.74, 6) is 0.453. The predicted molar refractivity (Wildman–Crippen MR) is 109 cm³/mol. The zero-order valence-electron chi connectivity index (χ0n) is 15.7. The molecule has 5 nitrogen and oxygen atoms in total. The molecule has 1 aliphatic carbocycles. The molecule has 140 valence electrons. The van der Waals surface area contributed by atoms with E-state index in [0.717, 1.165) is 37.1 Å². The molecule has 1 aliphatic heterocycles. The van der Waals surface area contributed by atoms with Gasteiger partial charge in [0.15, 0.2) is 0 Å². The van der Waals surface area contributed by atoms with E-state index in [-0.39, 0.29) is 12.1 Å². The Bertz CT molecular complexity index is 829. The number of nitrogens with zero attached hydrogens (tertiary/aromatic N) is 2. The van der Waals surface area contributed by atoms with Crippen molar-refractivity contribution in [1.82, 2.24) is 20.1 Å². The number of aromatic nitrogens is 1. The van der Waals surface area contributed by atoms with Crippen LogP contribution in [0.2, 0.25) is 0 Å². The summed E-state index contributed by atoms with van der Waals surface area (Å²) in [5.41, 5.74) is 4.03. The van der Waals surface area contributed by atoms with Crippen LogP contribution in [0, 0.1) is 0 Å². The van der Waals surface area contributed by atoms with Gasteiger partial charge in [-0.3, -0.25) is 0 Å². The first-order valence-electron chi connectivity index (χ1n) is 9.58. The summed E-state index contributed by atoms with van der Waals surface area (Å²) in [5, 5.41) is 4.65. The van der Waals surface area contributed by atoms with E-state index < -0.39 is 0 Å². The van der Waals surface area contributed by atoms with Crippen molar-refractivity contribution in [3.05, 3.63) is 33.9 Å². The number of halogens is 1. The minimum Gasteiger partial charge on any atom is -0.349 e. The van der Waals surface area contributed by atoms with Crippen molar-refractivity contribution >= 4 is 32.9 Å². The fourth-order valence-corrected chi connectivity index (χ4v) is 5.44. The molecule has 4 rings (SSSR count). The molecule has 1 fully saturated rings. The molecule has 2 aromatic rings. The molecule has 2 aliphatic rings. The normalized spacial score (nSPS) is 25.2. The van der Waals surface area contributed by atoms with Crippen molar-refractivity contribution in [2.24, 2.45) is 0 Å². The Balaban J connectivity index is 1.63. The van der Waals surface area contributed by atoms with Crippen LogP contribution < -0.4 is 5.32 Å². The average molecular weight is 419 g/mol. The summed E-state index contributed by atoms with van der Waals surface area (Å²) in [6.45, 7) is 6.45. The quantitative estimate of drug-likeness (QED) is 0.798. The monoisotopic (exact) mass is 418 g/mol. The van der Waals surface area contributed by atoms with E-state index in [0.29, 0.717) is 12.0 Å². The van der Waals surface area contributed by atoms with Crippen LogP contribution in [0.3, 0.4) is 0 Å². The second kappa shape index (κ2) is 6.89. The van der Waals surface area contributed by atoms with E-state index in [1.165, 1.54) is 22.0 Å². The molecular weight excluding hydrogens is 392 g/mol. The molecule has 3 atom stereocenters. The number of likely N-dealkylation sites (N-methyl/N-ethyl adjacent to an activating group) is 1. The number of piperidine rings is 1. The number of aromatic amines is 1. The minimum absolute atomic E-state index is 0.0611. The van der Waals surface area contributed by atoms with Crippen molar-refractivity contribution in [3.8, 4) is 0 Å². The Morgan fingerprint density at radius 3 is 2.88 bits per heavy atom. The summed E-state index contributed by atoms with van der Waals surface area (Å²) in [6, 6.07) is 7.30. The summed E-state index contributed by atoms with van der Waals surface area (Å²) >= 11 is 3.71. The number of amides is 2. The van der Waals surface area contributed by atoms with E-state index in [1.807, 2.05) is 18.7 Å². The number of carbonyl (C=O) groups excluding carboxylic acids is 1. The number of rotatable bonds is 3. The SMILES string of the molecule is CCN(CC)C(=O)NC1C[C@@H]2c3cccc4[nH]c(Br)c(c34)C[C@H]2N(C)C1. The number of H-pyrrole nitrogens is 1. The maximum Gasteiger partial charge on any atom is 0.317 e. The Hall–Kier alpha value is -1.53. The molecule has 0 saturated carbocycles. The molecule has 1 unspecified atom stereocenters. The Labute approximate surface area is 163 Å². The summed E-state index contributed by atoms with van der Waals surface area (Å²) in [6.07, 6.45) is 2.05. The van der Waals surface area contributed by atoms with Crippen LogP contribution in [0.25, 0.3) is 10.9 Å². The fourth-order valence-electron chi connectivity index (χ4n) is 4.87. The molecule has 0 radical (unpaired) electrons. The average Bonchev–Trinajstić information content (AvgIpc) is 2.94. The van der Waals surface area contributed by atoms with Crippen LogP contribution in [0.4, 0.5) is 4.79 Å². The zero-order valence-corrected chi connectivity index (χ0v) is 17.3. The number of nitrogens with one attached hydrogen (secondary N) is 2. The lowest BCUT2D eigenvalue weighted by Crippen LogP contribution is -2.56. The lowest BCUT2D eigenvalue weighted by Gasteiger charge is -2.46. The highest BCUT2D eigenvalue weighted by molar-refractivity contribution is 9.10. The molecule has 1 aromatic carbocycles. The number of hydrogen-bond acceptors (Lipinski definition) is 2. The first kappa shape index (κ1) is 17.9. The largest absolute Gasteiger partial charge is 0.349 e. The van der Waals surface area contributed by atoms with Crippen LogP contribution in [-0.2, 0) is 6.42 Å². The molecule has 1 aromatic heterocycles. The van der Waals surface area contributed by atoms with E-state index in [9.17, 15) is 4.79 Å². The third-order valence-corrected chi connectivity index (χ3v) is 6.85. The van der Waals surface area contributed by atoms with E-state index in [2.05, 4.69) is 56.4 Å². The Kier molecular flexibility index (Phi) is 4.73. The summed E-state index contributed by atoms with van der Waals surface area (Å²) in [4.78, 5) is 20.3. The van der Waals surface area contributed by atoms with Gasteiger partial charge in [-0.2, -0.15) is 0 Å². The third kappa shape index (κ3) is 2.83. The van der Waals surface area contributed by atoms with Gasteiger partial charge in [-0.25, -0.2) is 4.79 Å². The number of hydrogen-bond donors (Lipinski definition) is 2. The number of benzene rings is 1. The predicted octanol–water partition coefficient (Wildman–Crippen LogP) is 3.69. The van der Waals surface area contributed by atoms with Gasteiger partial charge in [0.25, 0.3) is 0 Å². The van der Waals surface area contributed by atoms with Crippen molar-refractivity contribution < 1.29 is 4.79 Å². The highest BCUT2D eigenvalue weighted by atomic mass is 79.9. The highest BCUT2D eigenvalue weighted by Gasteiger charge is 2.40. The second-order valence-electron chi connectivity index (χ2n) is 7.56. The summed E-state index contributed by atoms with van der Waals surface area (Å²) < 4.78 is 1.11. The maximum atomic E-state index is 12.5. The van der Waals surface area contributed by atoms with E-state index in [4.69, 9.17) is 0 Å². The van der Waals surface area contributed by atoms with Gasteiger partial charge in [0.05, 0.1) is 4.60 Å². The molecule has 2 N–H and O–H groups in total. The zero-order chi connectivity index (χ0) is 18.4. The molecule has 26 heavy (non-hydrogen) atoms. The lowest BCUT2D eigenvalue weighted by atomic mass is 9.74. The van der Waals surface area contributed by atoms with Gasteiger partial charge in [-0.05, 0) is 66.9 Å². The van der Waals surface area contributed by atoms with Crippen molar-refractivity contribution in [1.29, 1.82) is 0 Å². The van der Waals surface area contributed by atoms with Gasteiger partial charge in [-0.1, -0.05) is 12.1 Å². The first-order valence-corrected chi connectivity index (χ1v) is 10.4. The van der Waals surface area contributed by atoms with Crippen molar-refractivity contribution in [2.75, 3.05) is 26.7 Å². The van der Waals surface area contributed by atoms with Gasteiger partial charge in [-0.15, -0.1) is 0 Å². The van der Waals surface area contributed by atoms with Crippen LogP contribution in [0.5, 0.6) is 0 Å². The van der Waals surface area contributed by atoms with Crippen LogP contribution in [0.15, 0.2) is 22.8 Å². The topological polar surface area (TPSA) is 51.4 Å². The summed E-state index contributed by atoms with van der Waals surface area (Å²) in [7, 11) is 2.19. The first-order chi connectivity index (χ1) is 12.5. The smallest absolute Gasteiger partial charge is 0.317 e. The van der Waals surface area contributed by atoms with Gasteiger partial charge >= 0.3 is 6.03 Å². The molecule has 2 amide bonds. The number of carbonyl (C=O) groups is 1. The molecule has 6 heteroatoms. The molecular formula is C20H27BrN4O. The van der Waals surface area contributed by atoms with Crippen LogP contribution in [-0.4, -0.2) is 59.6 Å². The molecule has 1 saturated heterocycles. The Morgan fingerprint density at radius 2 is 2.15 bits per heavy atom. The van der Waals surface area contributed by atoms with Gasteiger partial charge < -0.3 is 20.1 Å². The number of urea groups is 1. The third-order valence-electron chi connectivity index (χ3n) is 6.18. The van der Waals surface area contributed by atoms with Crippen LogP contribution >= 0.6 is 15.9 Å². The number of likely N-dealkylation sites (tertiary alicyclic amines) is 1.